The summed E-state index contributed by atoms with van der Waals surface area (Å²) in [6, 6.07) is 28.3. The molecule has 1 heterocycles. The minimum atomic E-state index is 0.971. The van der Waals surface area contributed by atoms with Gasteiger partial charge < -0.3 is 4.90 Å². The van der Waals surface area contributed by atoms with Crippen molar-refractivity contribution in [1.82, 2.24) is 4.90 Å². The highest BCUT2D eigenvalue weighted by atomic mass is 32.2. The van der Waals surface area contributed by atoms with Gasteiger partial charge in [-0.05, 0) is 34.9 Å². The Hall–Kier alpha value is -2.23. The van der Waals surface area contributed by atoms with Crippen molar-refractivity contribution in [1.29, 1.82) is 0 Å². The first-order chi connectivity index (χ1) is 12.8. The number of hydrogen-bond acceptors (Lipinski definition) is 3. The van der Waals surface area contributed by atoms with Crippen LogP contribution in [0.2, 0.25) is 0 Å². The van der Waals surface area contributed by atoms with Gasteiger partial charge in [0, 0.05) is 36.5 Å². The Bertz CT molecular complexity index is 849. The molecular weight excluding hydrogens is 336 g/mol. The van der Waals surface area contributed by atoms with Crippen LogP contribution in [-0.2, 0) is 18.8 Å². The first-order valence-corrected chi connectivity index (χ1v) is 10.0. The quantitative estimate of drug-likeness (QED) is 0.563. The second-order valence-electron chi connectivity index (χ2n) is 6.88. The van der Waals surface area contributed by atoms with E-state index in [0.29, 0.717) is 0 Å². The van der Waals surface area contributed by atoms with Crippen molar-refractivity contribution in [3.63, 3.8) is 0 Å². The third-order valence-electron chi connectivity index (χ3n) is 4.77. The molecule has 0 bridgehead atoms. The molecule has 3 heteroatoms. The molecule has 0 unspecified atom stereocenters. The molecular formula is C23H24N2S. The predicted molar refractivity (Wildman–Crippen MR) is 111 cm³/mol. The summed E-state index contributed by atoms with van der Waals surface area (Å²) in [6.07, 6.45) is 0. The number of anilines is 1. The fourth-order valence-corrected chi connectivity index (χ4v) is 4.42. The van der Waals surface area contributed by atoms with E-state index in [9.17, 15) is 0 Å². The van der Waals surface area contributed by atoms with E-state index in [1.165, 1.54) is 27.3 Å². The van der Waals surface area contributed by atoms with Gasteiger partial charge in [-0.3, -0.25) is 4.90 Å². The summed E-state index contributed by atoms with van der Waals surface area (Å²) in [5, 5.41) is 0. The fourth-order valence-electron chi connectivity index (χ4n) is 3.51. The van der Waals surface area contributed by atoms with Crippen molar-refractivity contribution in [3.05, 3.63) is 95.6 Å². The summed E-state index contributed by atoms with van der Waals surface area (Å²) in [5.41, 5.74) is 5.53. The van der Waals surface area contributed by atoms with Gasteiger partial charge in [-0.25, -0.2) is 0 Å². The largest absolute Gasteiger partial charge is 0.361 e. The smallest absolute Gasteiger partial charge is 0.0709 e. The zero-order valence-corrected chi connectivity index (χ0v) is 16.0. The molecule has 3 aromatic carbocycles. The first kappa shape index (κ1) is 17.2. The zero-order chi connectivity index (χ0) is 17.8. The second-order valence-corrected chi connectivity index (χ2v) is 7.93. The predicted octanol–water partition coefficient (Wildman–Crippen LogP) is 5.39. The lowest BCUT2D eigenvalue weighted by Gasteiger charge is -2.36. The number of hydrogen-bond donors (Lipinski definition) is 0. The topological polar surface area (TPSA) is 6.48 Å². The molecule has 0 atom stereocenters. The van der Waals surface area contributed by atoms with Crippen molar-refractivity contribution in [2.45, 2.75) is 23.7 Å². The van der Waals surface area contributed by atoms with Crippen LogP contribution in [0.15, 0.2) is 83.8 Å². The lowest BCUT2D eigenvalue weighted by Crippen LogP contribution is -2.39. The average Bonchev–Trinajstić information content (AvgIpc) is 2.68. The first-order valence-electron chi connectivity index (χ1n) is 9.05. The summed E-state index contributed by atoms with van der Waals surface area (Å²) in [5.74, 6) is 1.02. The maximum atomic E-state index is 2.50. The van der Waals surface area contributed by atoms with E-state index >= 15 is 0 Å². The highest BCUT2D eigenvalue weighted by molar-refractivity contribution is 7.98. The zero-order valence-electron chi connectivity index (χ0n) is 15.1. The molecule has 0 amide bonds. The third kappa shape index (κ3) is 4.12. The Morgan fingerprint density at radius 2 is 1.54 bits per heavy atom. The molecule has 0 saturated heterocycles. The summed E-state index contributed by atoms with van der Waals surface area (Å²) in [7, 11) is 2.19. The molecule has 4 rings (SSSR count). The highest BCUT2D eigenvalue weighted by Crippen LogP contribution is 2.32. The van der Waals surface area contributed by atoms with E-state index in [0.717, 1.165) is 25.5 Å². The molecule has 0 saturated carbocycles. The highest BCUT2D eigenvalue weighted by Gasteiger charge is 2.20. The van der Waals surface area contributed by atoms with Crippen LogP contribution < -0.4 is 4.90 Å². The maximum absolute atomic E-state index is 2.50. The van der Waals surface area contributed by atoms with E-state index in [2.05, 4.69) is 95.7 Å². The van der Waals surface area contributed by atoms with Crippen molar-refractivity contribution in [2.24, 2.45) is 0 Å². The van der Waals surface area contributed by atoms with E-state index < -0.39 is 0 Å². The van der Waals surface area contributed by atoms with Crippen LogP contribution in [0.25, 0.3) is 0 Å². The van der Waals surface area contributed by atoms with Crippen LogP contribution in [0.3, 0.4) is 0 Å². The van der Waals surface area contributed by atoms with E-state index in [1.807, 2.05) is 11.8 Å². The van der Waals surface area contributed by atoms with Gasteiger partial charge in [0.05, 0.1) is 6.67 Å². The lowest BCUT2D eigenvalue weighted by molar-refractivity contribution is 0.248. The van der Waals surface area contributed by atoms with E-state index in [1.54, 1.807) is 0 Å². The third-order valence-corrected chi connectivity index (χ3v) is 5.83. The monoisotopic (exact) mass is 360 g/mol. The van der Waals surface area contributed by atoms with Gasteiger partial charge in [-0.15, -0.1) is 11.8 Å². The summed E-state index contributed by atoms with van der Waals surface area (Å²) < 4.78 is 0. The van der Waals surface area contributed by atoms with Crippen molar-refractivity contribution in [3.8, 4) is 0 Å². The Morgan fingerprint density at radius 1 is 0.846 bits per heavy atom. The van der Waals surface area contributed by atoms with E-state index in [-0.39, 0.29) is 0 Å². The van der Waals surface area contributed by atoms with Gasteiger partial charge in [-0.1, -0.05) is 60.7 Å². The molecule has 1 aliphatic heterocycles. The number of fused-ring (bicyclic) bond motifs is 1. The molecule has 132 valence electrons. The number of benzene rings is 3. The van der Waals surface area contributed by atoms with Crippen molar-refractivity contribution < 1.29 is 0 Å². The molecule has 2 nitrogen and oxygen atoms in total. The standard InChI is InChI=1S/C23H24N2S/c1-24-18-25(15-19-8-4-2-5-9-19)16-21-14-22(12-13-23(21)24)26-17-20-10-6-3-7-11-20/h2-14H,15-18H2,1H3. The number of rotatable bonds is 5. The minimum Gasteiger partial charge on any atom is -0.361 e. The summed E-state index contributed by atoms with van der Waals surface area (Å²) >= 11 is 1.92. The van der Waals surface area contributed by atoms with Gasteiger partial charge in [0.15, 0.2) is 0 Å². The molecule has 0 radical (unpaired) electrons. The summed E-state index contributed by atoms with van der Waals surface area (Å²) in [4.78, 5) is 6.21. The number of nitrogens with zero attached hydrogens (tertiary/aromatic N) is 2. The van der Waals surface area contributed by atoms with Crippen molar-refractivity contribution in [2.75, 3.05) is 18.6 Å². The molecule has 0 spiro atoms. The molecule has 26 heavy (non-hydrogen) atoms. The Labute approximate surface area is 160 Å². The SMILES string of the molecule is CN1CN(Cc2ccccc2)Cc2cc(SCc3ccccc3)ccc21. The molecule has 0 fully saturated rings. The molecule has 3 aromatic rings. The minimum absolute atomic E-state index is 0.971. The van der Waals surface area contributed by atoms with Gasteiger partial charge >= 0.3 is 0 Å². The molecule has 0 aliphatic carbocycles. The Morgan fingerprint density at radius 3 is 2.27 bits per heavy atom. The summed E-state index contributed by atoms with van der Waals surface area (Å²) in [6.45, 7) is 2.97. The van der Waals surface area contributed by atoms with Crippen LogP contribution in [0.4, 0.5) is 5.69 Å². The second kappa shape index (κ2) is 7.98. The molecule has 1 aliphatic rings. The lowest BCUT2D eigenvalue weighted by atomic mass is 10.1. The van der Waals surface area contributed by atoms with Crippen LogP contribution in [-0.4, -0.2) is 18.6 Å². The van der Waals surface area contributed by atoms with Crippen LogP contribution in [0.1, 0.15) is 16.7 Å². The van der Waals surface area contributed by atoms with E-state index in [4.69, 9.17) is 0 Å². The Kier molecular flexibility index (Phi) is 5.28. The van der Waals surface area contributed by atoms with Gasteiger partial charge in [0.2, 0.25) is 0 Å². The normalized spacial score (nSPS) is 14.3. The fraction of sp³-hybridized carbons (Fsp3) is 0.217. The van der Waals surface area contributed by atoms with Gasteiger partial charge in [-0.2, -0.15) is 0 Å². The van der Waals surface area contributed by atoms with Crippen LogP contribution in [0.5, 0.6) is 0 Å². The molecule has 0 N–H and O–H groups in total. The van der Waals surface area contributed by atoms with Gasteiger partial charge in [0.1, 0.15) is 0 Å². The molecule has 0 aromatic heterocycles. The number of thioether (sulfide) groups is 1. The van der Waals surface area contributed by atoms with Crippen LogP contribution in [0, 0.1) is 0 Å². The van der Waals surface area contributed by atoms with Crippen LogP contribution >= 0.6 is 11.8 Å². The van der Waals surface area contributed by atoms with Gasteiger partial charge in [0.25, 0.3) is 0 Å². The maximum Gasteiger partial charge on any atom is 0.0709 e. The Balaban J connectivity index is 1.47. The average molecular weight is 361 g/mol. The van der Waals surface area contributed by atoms with Crippen molar-refractivity contribution >= 4 is 17.4 Å².